The molecule has 2 heteroatoms. The molecule has 0 spiro atoms. The average Bonchev–Trinajstić information content (AvgIpc) is 2.64. The van der Waals surface area contributed by atoms with Gasteiger partial charge in [-0.15, -0.1) is 0 Å². The maximum Gasteiger partial charge on any atom is 0.161 e. The minimum absolute atomic E-state index is 0.0266. The highest BCUT2D eigenvalue weighted by Gasteiger charge is 2.43. The molecule has 1 aliphatic carbocycles. The number of Topliss-reactive ketones (excluding diaryl/α,β-unsaturated/α-hetero) is 1. The Morgan fingerprint density at radius 1 is 1.70 bits per heavy atom. The molecule has 0 heterocycles. The monoisotopic (exact) mass is 142 g/mol. The van der Waals surface area contributed by atoms with Crippen LogP contribution in [0, 0.1) is 17.8 Å². The lowest BCUT2D eigenvalue weighted by Gasteiger charge is -1.99. The molecule has 1 saturated carbocycles. The smallest absolute Gasteiger partial charge is 0.161 e. The predicted octanol–water partition coefficient (Wildman–Crippen LogP) is 0.840. The largest absolute Gasteiger partial charge is 0.389 e. The van der Waals surface area contributed by atoms with Crippen LogP contribution in [0.15, 0.2) is 0 Å². The maximum absolute atomic E-state index is 10.8. The second-order valence-electron chi connectivity index (χ2n) is 3.37. The van der Waals surface area contributed by atoms with Crippen LogP contribution >= 0.6 is 0 Å². The van der Waals surface area contributed by atoms with E-state index in [1.165, 1.54) is 0 Å². The van der Waals surface area contributed by atoms with Crippen LogP contribution in [0.5, 0.6) is 0 Å². The Balaban J connectivity index is 2.31. The Morgan fingerprint density at radius 3 is 2.60 bits per heavy atom. The fraction of sp³-hybridized carbons (Fsp3) is 0.875. The summed E-state index contributed by atoms with van der Waals surface area (Å²) in [5, 5.41) is 8.50. The lowest BCUT2D eigenvalue weighted by Crippen LogP contribution is -2.09. The van der Waals surface area contributed by atoms with E-state index in [2.05, 4.69) is 13.8 Å². The third kappa shape index (κ3) is 1.37. The molecule has 10 heavy (non-hydrogen) atoms. The van der Waals surface area contributed by atoms with E-state index in [4.69, 9.17) is 5.11 Å². The van der Waals surface area contributed by atoms with Crippen molar-refractivity contribution in [3.8, 4) is 0 Å². The molecule has 0 aliphatic heterocycles. The number of aliphatic hydroxyl groups excluding tert-OH is 1. The van der Waals surface area contributed by atoms with Gasteiger partial charge in [0.15, 0.2) is 5.78 Å². The van der Waals surface area contributed by atoms with Crippen LogP contribution < -0.4 is 0 Å². The van der Waals surface area contributed by atoms with Gasteiger partial charge in [0, 0.05) is 5.92 Å². The number of hydrogen-bond donors (Lipinski definition) is 1. The van der Waals surface area contributed by atoms with Crippen LogP contribution in [0.3, 0.4) is 0 Å². The van der Waals surface area contributed by atoms with E-state index in [0.717, 1.165) is 6.42 Å². The Labute approximate surface area is 61.2 Å². The van der Waals surface area contributed by atoms with E-state index >= 15 is 0 Å². The van der Waals surface area contributed by atoms with E-state index in [9.17, 15) is 4.79 Å². The highest BCUT2D eigenvalue weighted by atomic mass is 16.3. The highest BCUT2D eigenvalue weighted by Crippen LogP contribution is 2.44. The van der Waals surface area contributed by atoms with Gasteiger partial charge < -0.3 is 5.11 Å². The summed E-state index contributed by atoms with van der Waals surface area (Å²) in [4.78, 5) is 10.8. The summed E-state index contributed by atoms with van der Waals surface area (Å²) in [6.45, 7) is 3.97. The van der Waals surface area contributed by atoms with Crippen molar-refractivity contribution in [2.45, 2.75) is 20.3 Å². The SMILES string of the molecule is CC(C)C1CC1C(=O)CO. The van der Waals surface area contributed by atoms with Gasteiger partial charge in [-0.05, 0) is 18.3 Å². The van der Waals surface area contributed by atoms with Crippen molar-refractivity contribution in [3.05, 3.63) is 0 Å². The minimum Gasteiger partial charge on any atom is -0.389 e. The topological polar surface area (TPSA) is 37.3 Å². The molecule has 1 aliphatic rings. The molecule has 1 rings (SSSR count). The summed E-state index contributed by atoms with van der Waals surface area (Å²) in [6.07, 6.45) is 0.997. The third-order valence-corrected chi connectivity index (χ3v) is 2.27. The first kappa shape index (κ1) is 7.73. The molecular formula is C8H14O2. The zero-order valence-electron chi connectivity index (χ0n) is 6.50. The first-order valence-electron chi connectivity index (χ1n) is 3.80. The van der Waals surface area contributed by atoms with Gasteiger partial charge in [-0.25, -0.2) is 0 Å². The molecule has 2 nitrogen and oxygen atoms in total. The highest BCUT2D eigenvalue weighted by molar-refractivity contribution is 5.84. The first-order valence-corrected chi connectivity index (χ1v) is 3.80. The molecule has 1 N–H and O–H groups in total. The predicted molar refractivity (Wildman–Crippen MR) is 38.5 cm³/mol. The van der Waals surface area contributed by atoms with Crippen molar-refractivity contribution in [2.75, 3.05) is 6.61 Å². The van der Waals surface area contributed by atoms with Crippen molar-refractivity contribution in [1.82, 2.24) is 0 Å². The summed E-state index contributed by atoms with van der Waals surface area (Å²) in [7, 11) is 0. The van der Waals surface area contributed by atoms with E-state index < -0.39 is 0 Å². The van der Waals surface area contributed by atoms with Gasteiger partial charge in [0.05, 0.1) is 0 Å². The standard InChI is InChI=1S/C8H14O2/c1-5(2)6-3-7(6)8(10)4-9/h5-7,9H,3-4H2,1-2H3. The summed E-state index contributed by atoms with van der Waals surface area (Å²) >= 11 is 0. The van der Waals surface area contributed by atoms with E-state index in [1.807, 2.05) is 0 Å². The number of carbonyl (C=O) groups is 1. The number of rotatable bonds is 3. The van der Waals surface area contributed by atoms with Crippen molar-refractivity contribution >= 4 is 5.78 Å². The molecule has 2 unspecified atom stereocenters. The molecule has 2 atom stereocenters. The molecule has 0 saturated heterocycles. The van der Waals surface area contributed by atoms with Crippen LogP contribution in [-0.2, 0) is 4.79 Å². The lowest BCUT2D eigenvalue weighted by atomic mass is 10.1. The number of aliphatic hydroxyl groups is 1. The quantitative estimate of drug-likeness (QED) is 0.634. The van der Waals surface area contributed by atoms with Gasteiger partial charge in [0.1, 0.15) is 6.61 Å². The first-order chi connectivity index (χ1) is 4.66. The summed E-state index contributed by atoms with van der Waals surface area (Å²) < 4.78 is 0. The molecule has 58 valence electrons. The second kappa shape index (κ2) is 2.70. The third-order valence-electron chi connectivity index (χ3n) is 2.27. The van der Waals surface area contributed by atoms with Crippen LogP contribution in [0.25, 0.3) is 0 Å². The van der Waals surface area contributed by atoms with Gasteiger partial charge in [0.2, 0.25) is 0 Å². The molecule has 0 aromatic carbocycles. The summed E-state index contributed by atoms with van der Waals surface area (Å²) in [6, 6.07) is 0. The number of ketones is 1. The van der Waals surface area contributed by atoms with Gasteiger partial charge in [-0.2, -0.15) is 0 Å². The van der Waals surface area contributed by atoms with Gasteiger partial charge in [-0.1, -0.05) is 13.8 Å². The molecule has 0 aromatic rings. The van der Waals surface area contributed by atoms with Crippen molar-refractivity contribution in [2.24, 2.45) is 17.8 Å². The second-order valence-corrected chi connectivity index (χ2v) is 3.37. The average molecular weight is 142 g/mol. The van der Waals surface area contributed by atoms with Gasteiger partial charge in [0.25, 0.3) is 0 Å². The molecule has 1 fully saturated rings. The molecule has 0 aromatic heterocycles. The maximum atomic E-state index is 10.8. The van der Waals surface area contributed by atoms with E-state index in [1.54, 1.807) is 0 Å². The minimum atomic E-state index is -0.270. The molecule has 0 amide bonds. The van der Waals surface area contributed by atoms with Gasteiger partial charge in [-0.3, -0.25) is 4.79 Å². The normalized spacial score (nSPS) is 30.8. The number of carbonyl (C=O) groups excluding carboxylic acids is 1. The molecule has 0 radical (unpaired) electrons. The Hall–Kier alpha value is -0.370. The Bertz CT molecular complexity index is 140. The van der Waals surface area contributed by atoms with Crippen molar-refractivity contribution in [1.29, 1.82) is 0 Å². The summed E-state index contributed by atoms with van der Waals surface area (Å²) in [5.41, 5.74) is 0. The van der Waals surface area contributed by atoms with E-state index in [-0.39, 0.29) is 18.3 Å². The molecule has 0 bridgehead atoms. The number of hydrogen-bond acceptors (Lipinski definition) is 2. The summed E-state index contributed by atoms with van der Waals surface area (Å²) in [5.74, 6) is 1.36. The van der Waals surface area contributed by atoms with Crippen LogP contribution in [0.1, 0.15) is 20.3 Å². The fourth-order valence-electron chi connectivity index (χ4n) is 1.44. The van der Waals surface area contributed by atoms with Crippen LogP contribution in [0.4, 0.5) is 0 Å². The van der Waals surface area contributed by atoms with E-state index in [0.29, 0.717) is 11.8 Å². The lowest BCUT2D eigenvalue weighted by molar-refractivity contribution is -0.123. The van der Waals surface area contributed by atoms with Crippen molar-refractivity contribution in [3.63, 3.8) is 0 Å². The zero-order chi connectivity index (χ0) is 7.72. The molecular weight excluding hydrogens is 128 g/mol. The fourth-order valence-corrected chi connectivity index (χ4v) is 1.44. The Kier molecular flexibility index (Phi) is 2.09. The zero-order valence-corrected chi connectivity index (χ0v) is 6.50. The van der Waals surface area contributed by atoms with Crippen molar-refractivity contribution < 1.29 is 9.90 Å². The van der Waals surface area contributed by atoms with Gasteiger partial charge >= 0.3 is 0 Å². The van der Waals surface area contributed by atoms with Crippen LogP contribution in [0.2, 0.25) is 0 Å². The Morgan fingerprint density at radius 2 is 2.30 bits per heavy atom. The van der Waals surface area contributed by atoms with Crippen LogP contribution in [-0.4, -0.2) is 17.5 Å².